The highest BCUT2D eigenvalue weighted by molar-refractivity contribution is 6.08. The molecule has 0 saturated carbocycles. The van der Waals surface area contributed by atoms with E-state index in [1.54, 1.807) is 0 Å². The maximum absolute atomic E-state index is 4.45. The van der Waals surface area contributed by atoms with Gasteiger partial charge in [0.25, 0.3) is 0 Å². The summed E-state index contributed by atoms with van der Waals surface area (Å²) in [5.74, 6) is 0. The van der Waals surface area contributed by atoms with Gasteiger partial charge in [0.15, 0.2) is 0 Å². The summed E-state index contributed by atoms with van der Waals surface area (Å²) >= 11 is 0. The topological polar surface area (TPSA) is 27.8 Å². The van der Waals surface area contributed by atoms with Gasteiger partial charge in [-0.3, -0.25) is 0 Å². The molecule has 2 N–H and O–H groups in total. The Balaban J connectivity index is 1.54. The largest absolute Gasteiger partial charge is 0.358 e. The van der Waals surface area contributed by atoms with E-state index in [9.17, 15) is 0 Å². The lowest BCUT2D eigenvalue weighted by Gasteiger charge is -2.19. The van der Waals surface area contributed by atoms with Crippen LogP contribution in [0.5, 0.6) is 0 Å². The van der Waals surface area contributed by atoms with Crippen LogP contribution in [0.2, 0.25) is 0 Å². The highest BCUT2D eigenvalue weighted by atomic mass is 14.9. The van der Waals surface area contributed by atoms with E-state index in [4.69, 9.17) is 0 Å². The molecule has 33 heavy (non-hydrogen) atoms. The van der Waals surface area contributed by atoms with Crippen molar-refractivity contribution in [3.63, 3.8) is 0 Å². The molecule has 0 atom stereocenters. The molecule has 1 aliphatic carbocycles. The summed E-state index contributed by atoms with van der Waals surface area (Å²) in [4.78, 5) is 3.52. The smallest absolute Gasteiger partial charge is 0.0465 e. The standard InChI is InChI=1S/C31H28N2/c1-3-11-23(24-18-19-31-28(21-24)27-15-8-10-17-30(27)33-31)20-22(2)26-14-7-9-16-29(26)32-25-12-5-4-6-13-25/h3-8,10-15,17-21,32-33H,2,9,16H2,1H3/b11-3-,23-20+. The van der Waals surface area contributed by atoms with Crippen molar-refractivity contribution in [3.05, 3.63) is 132 Å². The van der Waals surface area contributed by atoms with Crippen molar-refractivity contribution in [2.75, 3.05) is 5.32 Å². The maximum atomic E-state index is 4.45. The molecular formula is C31H28N2. The van der Waals surface area contributed by atoms with Crippen LogP contribution in [0, 0.1) is 0 Å². The van der Waals surface area contributed by atoms with Gasteiger partial charge < -0.3 is 10.3 Å². The molecule has 0 spiro atoms. The van der Waals surface area contributed by atoms with Crippen molar-refractivity contribution in [1.29, 1.82) is 0 Å². The molecule has 0 fully saturated rings. The quantitative estimate of drug-likeness (QED) is 0.296. The number of hydrogen-bond donors (Lipinski definition) is 2. The Morgan fingerprint density at radius 3 is 2.58 bits per heavy atom. The van der Waals surface area contributed by atoms with Gasteiger partial charge in [0.2, 0.25) is 0 Å². The Hall–Kier alpha value is -4.04. The van der Waals surface area contributed by atoms with E-state index in [1.807, 2.05) is 6.07 Å². The first kappa shape index (κ1) is 20.8. The van der Waals surface area contributed by atoms with Crippen LogP contribution in [0.1, 0.15) is 25.3 Å². The second-order valence-electron chi connectivity index (χ2n) is 8.38. The normalized spacial score (nSPS) is 14.5. The zero-order chi connectivity index (χ0) is 22.6. The van der Waals surface area contributed by atoms with E-state index < -0.39 is 0 Å². The second kappa shape index (κ2) is 9.22. The first-order chi connectivity index (χ1) is 16.2. The molecule has 2 nitrogen and oxygen atoms in total. The summed E-state index contributed by atoms with van der Waals surface area (Å²) in [7, 11) is 0. The van der Waals surface area contributed by atoms with E-state index in [-0.39, 0.29) is 0 Å². The molecule has 5 rings (SSSR count). The molecule has 1 aliphatic rings. The number of para-hydroxylation sites is 2. The molecule has 2 heteroatoms. The van der Waals surface area contributed by atoms with Crippen LogP contribution >= 0.6 is 0 Å². The lowest BCUT2D eigenvalue weighted by molar-refractivity contribution is 0.950. The Morgan fingerprint density at radius 1 is 0.939 bits per heavy atom. The van der Waals surface area contributed by atoms with Crippen LogP contribution in [0.15, 0.2) is 127 Å². The number of rotatable bonds is 6. The summed E-state index contributed by atoms with van der Waals surface area (Å²) in [6.07, 6.45) is 12.9. The van der Waals surface area contributed by atoms with Gasteiger partial charge in [-0.2, -0.15) is 0 Å². The Labute approximate surface area is 195 Å². The number of aromatic amines is 1. The summed E-state index contributed by atoms with van der Waals surface area (Å²) < 4.78 is 0. The van der Waals surface area contributed by atoms with Crippen molar-refractivity contribution in [2.24, 2.45) is 0 Å². The van der Waals surface area contributed by atoms with Crippen LogP contribution < -0.4 is 5.32 Å². The number of nitrogens with one attached hydrogen (secondary N) is 2. The van der Waals surface area contributed by atoms with Crippen LogP contribution in [-0.2, 0) is 0 Å². The molecule has 0 bridgehead atoms. The lowest BCUT2D eigenvalue weighted by Crippen LogP contribution is -2.06. The lowest BCUT2D eigenvalue weighted by atomic mass is 9.93. The van der Waals surface area contributed by atoms with Crippen molar-refractivity contribution in [1.82, 2.24) is 4.98 Å². The van der Waals surface area contributed by atoms with Crippen molar-refractivity contribution < 1.29 is 0 Å². The fraction of sp³-hybridized carbons (Fsp3) is 0.0968. The molecule has 0 amide bonds. The van der Waals surface area contributed by atoms with Crippen LogP contribution in [0.3, 0.4) is 0 Å². The first-order valence-corrected chi connectivity index (χ1v) is 11.5. The van der Waals surface area contributed by atoms with Crippen LogP contribution in [-0.4, -0.2) is 4.98 Å². The van der Waals surface area contributed by atoms with E-state index in [1.165, 1.54) is 33.1 Å². The van der Waals surface area contributed by atoms with E-state index in [0.29, 0.717) is 0 Å². The number of benzene rings is 3. The monoisotopic (exact) mass is 428 g/mol. The average molecular weight is 429 g/mol. The molecule has 4 aromatic rings. The third-order valence-corrected chi connectivity index (χ3v) is 6.10. The third kappa shape index (κ3) is 4.33. The Bertz CT molecular complexity index is 1440. The molecule has 162 valence electrons. The molecule has 1 aromatic heterocycles. The predicted molar refractivity (Wildman–Crippen MR) is 143 cm³/mol. The maximum Gasteiger partial charge on any atom is 0.0465 e. The van der Waals surface area contributed by atoms with Crippen LogP contribution in [0.25, 0.3) is 27.4 Å². The average Bonchev–Trinajstić information content (AvgIpc) is 3.23. The first-order valence-electron chi connectivity index (χ1n) is 11.5. The molecule has 1 heterocycles. The van der Waals surface area contributed by atoms with Gasteiger partial charge in [0, 0.05) is 38.8 Å². The number of allylic oxidation sites excluding steroid dienone is 9. The number of H-pyrrole nitrogens is 1. The molecular weight excluding hydrogens is 400 g/mol. The summed E-state index contributed by atoms with van der Waals surface area (Å²) in [5, 5.41) is 6.11. The SMILES string of the molecule is C=C(/C=C(\C=C/C)c1ccc2[nH]c3ccccc3c2c1)C1=C(Nc2ccccc2)CCC=C1. The van der Waals surface area contributed by atoms with Gasteiger partial charge in [-0.1, -0.05) is 73.3 Å². The summed E-state index contributed by atoms with van der Waals surface area (Å²) in [6, 6.07) is 25.5. The number of aromatic nitrogens is 1. The van der Waals surface area contributed by atoms with Gasteiger partial charge in [-0.15, -0.1) is 0 Å². The van der Waals surface area contributed by atoms with E-state index in [0.717, 1.165) is 35.2 Å². The highest BCUT2D eigenvalue weighted by Gasteiger charge is 2.12. The van der Waals surface area contributed by atoms with Crippen LogP contribution in [0.4, 0.5) is 5.69 Å². The Morgan fingerprint density at radius 2 is 1.73 bits per heavy atom. The molecule has 3 aromatic carbocycles. The van der Waals surface area contributed by atoms with Gasteiger partial charge >= 0.3 is 0 Å². The zero-order valence-corrected chi connectivity index (χ0v) is 18.9. The van der Waals surface area contributed by atoms with E-state index >= 15 is 0 Å². The van der Waals surface area contributed by atoms with Gasteiger partial charge in [0.1, 0.15) is 0 Å². The fourth-order valence-corrected chi connectivity index (χ4v) is 4.49. The predicted octanol–water partition coefficient (Wildman–Crippen LogP) is 8.55. The molecule has 0 aliphatic heterocycles. The van der Waals surface area contributed by atoms with Gasteiger partial charge in [-0.05, 0) is 72.9 Å². The third-order valence-electron chi connectivity index (χ3n) is 6.10. The minimum Gasteiger partial charge on any atom is -0.358 e. The highest BCUT2D eigenvalue weighted by Crippen LogP contribution is 2.31. The summed E-state index contributed by atoms with van der Waals surface area (Å²) in [5.41, 5.74) is 9.17. The van der Waals surface area contributed by atoms with E-state index in [2.05, 4.69) is 121 Å². The van der Waals surface area contributed by atoms with Gasteiger partial charge in [-0.25, -0.2) is 0 Å². The molecule has 0 radical (unpaired) electrons. The molecule has 0 saturated heterocycles. The second-order valence-corrected chi connectivity index (χ2v) is 8.38. The van der Waals surface area contributed by atoms with Crippen molar-refractivity contribution in [2.45, 2.75) is 19.8 Å². The van der Waals surface area contributed by atoms with Crippen molar-refractivity contribution >= 4 is 33.1 Å². The molecule has 0 unspecified atom stereocenters. The zero-order valence-electron chi connectivity index (χ0n) is 18.9. The fourth-order valence-electron chi connectivity index (χ4n) is 4.49. The Kier molecular flexibility index (Phi) is 5.82. The van der Waals surface area contributed by atoms with Crippen molar-refractivity contribution in [3.8, 4) is 0 Å². The number of hydrogen-bond acceptors (Lipinski definition) is 1. The van der Waals surface area contributed by atoms with Gasteiger partial charge in [0.05, 0.1) is 0 Å². The minimum atomic E-state index is 0.980. The minimum absolute atomic E-state index is 0.980. The summed E-state index contributed by atoms with van der Waals surface area (Å²) in [6.45, 7) is 6.51. The number of fused-ring (bicyclic) bond motifs is 3. The number of anilines is 1.